The number of nitrogens with one attached hydrogen (secondary N) is 2. The van der Waals surface area contributed by atoms with Crippen molar-refractivity contribution in [1.82, 2.24) is 10.6 Å². The van der Waals surface area contributed by atoms with E-state index in [1.54, 1.807) is 11.8 Å². The molecule has 1 aliphatic heterocycles. The number of thioether (sulfide) groups is 1. The Morgan fingerprint density at radius 3 is 2.54 bits per heavy atom. The largest absolute Gasteiger partial charge is 0.348 e. The van der Waals surface area contributed by atoms with Crippen LogP contribution in [-0.2, 0) is 5.75 Å². The molecule has 1 saturated heterocycles. The summed E-state index contributed by atoms with van der Waals surface area (Å²) in [5.41, 5.74) is 2.05. The van der Waals surface area contributed by atoms with Crippen LogP contribution in [0.15, 0.2) is 59.5 Å². The highest BCUT2D eigenvalue weighted by Crippen LogP contribution is 2.23. The minimum atomic E-state index is 0. The first kappa shape index (κ1) is 18.8. The molecule has 1 heterocycles. The third-order valence-corrected chi connectivity index (χ3v) is 5.08. The molecule has 3 rings (SSSR count). The molecule has 2 aromatic rings. The molecule has 0 bridgehead atoms. The number of amides is 1. The quantitative estimate of drug-likeness (QED) is 0.793. The van der Waals surface area contributed by atoms with E-state index in [0.717, 1.165) is 37.2 Å². The fourth-order valence-corrected chi connectivity index (χ4v) is 3.54. The lowest BCUT2D eigenvalue weighted by atomic mass is 10.1. The molecule has 1 unspecified atom stereocenters. The van der Waals surface area contributed by atoms with E-state index < -0.39 is 0 Å². The zero-order valence-corrected chi connectivity index (χ0v) is 15.2. The van der Waals surface area contributed by atoms with Gasteiger partial charge < -0.3 is 10.6 Å². The van der Waals surface area contributed by atoms with Crippen LogP contribution >= 0.6 is 24.2 Å². The Hall–Kier alpha value is -1.49. The van der Waals surface area contributed by atoms with E-state index in [1.807, 2.05) is 30.3 Å². The number of carbonyl (C=O) groups is 1. The molecule has 3 nitrogen and oxygen atoms in total. The van der Waals surface area contributed by atoms with Gasteiger partial charge in [-0.2, -0.15) is 0 Å². The van der Waals surface area contributed by atoms with E-state index in [4.69, 9.17) is 0 Å². The zero-order valence-electron chi connectivity index (χ0n) is 13.5. The minimum absolute atomic E-state index is 0. The van der Waals surface area contributed by atoms with Crippen molar-refractivity contribution in [3.05, 3.63) is 65.7 Å². The van der Waals surface area contributed by atoms with Crippen molar-refractivity contribution in [3.8, 4) is 0 Å². The highest BCUT2D eigenvalue weighted by molar-refractivity contribution is 7.98. The molecular formula is C19H23ClN2OS. The lowest BCUT2D eigenvalue weighted by molar-refractivity contribution is 0.0930. The average molecular weight is 363 g/mol. The number of carbonyl (C=O) groups excluding carboxylic acids is 1. The second-order valence-corrected chi connectivity index (χ2v) is 6.86. The molecule has 0 saturated carbocycles. The van der Waals surface area contributed by atoms with Gasteiger partial charge in [-0.1, -0.05) is 30.3 Å². The number of hydrogen-bond donors (Lipinski definition) is 2. The SMILES string of the molecule is Cl.O=C(NC1CCCNC1)c1ccc(SCc2ccccc2)cc1. The van der Waals surface area contributed by atoms with E-state index in [1.165, 1.54) is 10.5 Å². The van der Waals surface area contributed by atoms with Crippen molar-refractivity contribution >= 4 is 30.1 Å². The average Bonchev–Trinajstić information content (AvgIpc) is 2.62. The normalized spacial score (nSPS) is 16.9. The first-order valence-corrected chi connectivity index (χ1v) is 9.08. The summed E-state index contributed by atoms with van der Waals surface area (Å²) in [6.07, 6.45) is 2.18. The van der Waals surface area contributed by atoms with Crippen LogP contribution in [-0.4, -0.2) is 25.0 Å². The summed E-state index contributed by atoms with van der Waals surface area (Å²) in [5.74, 6) is 0.971. The van der Waals surface area contributed by atoms with Crippen LogP contribution in [0.25, 0.3) is 0 Å². The Morgan fingerprint density at radius 2 is 1.88 bits per heavy atom. The summed E-state index contributed by atoms with van der Waals surface area (Å²) in [4.78, 5) is 13.4. The summed E-state index contributed by atoms with van der Waals surface area (Å²) in [5, 5.41) is 6.42. The van der Waals surface area contributed by atoms with E-state index in [-0.39, 0.29) is 24.4 Å². The van der Waals surface area contributed by atoms with Gasteiger partial charge in [0.25, 0.3) is 5.91 Å². The zero-order chi connectivity index (χ0) is 15.9. The molecule has 0 spiro atoms. The molecule has 1 aliphatic rings. The maximum Gasteiger partial charge on any atom is 0.251 e. The number of hydrogen-bond acceptors (Lipinski definition) is 3. The third-order valence-electron chi connectivity index (χ3n) is 4.00. The Labute approximate surface area is 154 Å². The lowest BCUT2D eigenvalue weighted by Crippen LogP contribution is -2.45. The smallest absolute Gasteiger partial charge is 0.251 e. The molecule has 5 heteroatoms. The van der Waals surface area contributed by atoms with Gasteiger partial charge in [0.15, 0.2) is 0 Å². The predicted octanol–water partition coefficient (Wildman–Crippen LogP) is 3.88. The maximum atomic E-state index is 12.3. The summed E-state index contributed by atoms with van der Waals surface area (Å²) in [7, 11) is 0. The van der Waals surface area contributed by atoms with Gasteiger partial charge in [-0.3, -0.25) is 4.79 Å². The molecule has 2 aromatic carbocycles. The highest BCUT2D eigenvalue weighted by Gasteiger charge is 2.16. The van der Waals surface area contributed by atoms with Crippen LogP contribution < -0.4 is 10.6 Å². The van der Waals surface area contributed by atoms with Crippen LogP contribution in [0.3, 0.4) is 0 Å². The van der Waals surface area contributed by atoms with Gasteiger partial charge in [0.1, 0.15) is 0 Å². The maximum absolute atomic E-state index is 12.3. The molecule has 1 atom stereocenters. The van der Waals surface area contributed by atoms with Gasteiger partial charge in [0, 0.05) is 28.8 Å². The van der Waals surface area contributed by atoms with Crippen LogP contribution in [0.1, 0.15) is 28.8 Å². The van der Waals surface area contributed by atoms with E-state index in [2.05, 4.69) is 34.9 Å². The highest BCUT2D eigenvalue weighted by atomic mass is 35.5. The number of piperidine rings is 1. The van der Waals surface area contributed by atoms with E-state index in [0.29, 0.717) is 0 Å². The van der Waals surface area contributed by atoms with Crippen molar-refractivity contribution in [3.63, 3.8) is 0 Å². The fraction of sp³-hybridized carbons (Fsp3) is 0.316. The number of benzene rings is 2. The van der Waals surface area contributed by atoms with Crippen LogP contribution in [0.2, 0.25) is 0 Å². The molecule has 0 radical (unpaired) electrons. The summed E-state index contributed by atoms with van der Waals surface area (Å²) < 4.78 is 0. The monoisotopic (exact) mass is 362 g/mol. The van der Waals surface area contributed by atoms with Crippen molar-refractivity contribution in [2.45, 2.75) is 29.5 Å². The van der Waals surface area contributed by atoms with Gasteiger partial charge in [0.2, 0.25) is 0 Å². The van der Waals surface area contributed by atoms with Crippen LogP contribution in [0, 0.1) is 0 Å². The topological polar surface area (TPSA) is 41.1 Å². The Bertz CT molecular complexity index is 628. The van der Waals surface area contributed by atoms with Crippen molar-refractivity contribution in [2.75, 3.05) is 13.1 Å². The Balaban J connectivity index is 0.00000208. The molecular weight excluding hydrogens is 340 g/mol. The molecule has 24 heavy (non-hydrogen) atoms. The molecule has 1 amide bonds. The Kier molecular flexibility index (Phi) is 7.63. The van der Waals surface area contributed by atoms with Gasteiger partial charge in [0.05, 0.1) is 0 Å². The van der Waals surface area contributed by atoms with E-state index >= 15 is 0 Å². The van der Waals surface area contributed by atoms with Gasteiger partial charge >= 0.3 is 0 Å². The lowest BCUT2D eigenvalue weighted by Gasteiger charge is -2.23. The second kappa shape index (κ2) is 9.72. The van der Waals surface area contributed by atoms with Crippen molar-refractivity contribution in [2.24, 2.45) is 0 Å². The third kappa shape index (κ3) is 5.55. The summed E-state index contributed by atoms with van der Waals surface area (Å²) in [6.45, 7) is 1.93. The number of halogens is 1. The first-order chi connectivity index (χ1) is 11.3. The summed E-state index contributed by atoms with van der Waals surface area (Å²) in [6, 6.07) is 18.6. The second-order valence-electron chi connectivity index (χ2n) is 5.82. The first-order valence-electron chi connectivity index (χ1n) is 8.09. The van der Waals surface area contributed by atoms with Gasteiger partial charge in [-0.25, -0.2) is 0 Å². The molecule has 128 valence electrons. The molecule has 0 aliphatic carbocycles. The molecule has 2 N–H and O–H groups in total. The predicted molar refractivity (Wildman–Crippen MR) is 103 cm³/mol. The van der Waals surface area contributed by atoms with Crippen molar-refractivity contribution in [1.29, 1.82) is 0 Å². The Morgan fingerprint density at radius 1 is 1.12 bits per heavy atom. The van der Waals surface area contributed by atoms with E-state index in [9.17, 15) is 4.79 Å². The fourth-order valence-electron chi connectivity index (χ4n) is 2.69. The minimum Gasteiger partial charge on any atom is -0.348 e. The van der Waals surface area contributed by atoms with Crippen LogP contribution in [0.4, 0.5) is 0 Å². The molecule has 1 fully saturated rings. The van der Waals surface area contributed by atoms with Crippen LogP contribution in [0.5, 0.6) is 0 Å². The van der Waals surface area contributed by atoms with Gasteiger partial charge in [-0.15, -0.1) is 24.2 Å². The van der Waals surface area contributed by atoms with Gasteiger partial charge in [-0.05, 0) is 49.2 Å². The molecule has 0 aromatic heterocycles. The summed E-state index contributed by atoms with van der Waals surface area (Å²) >= 11 is 1.79. The number of rotatable bonds is 5. The standard InChI is InChI=1S/C19H22N2OS.ClH/c22-19(21-17-7-4-12-20-13-17)16-8-10-18(11-9-16)23-14-15-5-2-1-3-6-15;/h1-3,5-6,8-11,17,20H,4,7,12-14H2,(H,21,22);1H. The van der Waals surface area contributed by atoms with Crippen molar-refractivity contribution < 1.29 is 4.79 Å².